The van der Waals surface area contributed by atoms with E-state index in [1.54, 1.807) is 29.0 Å². The fourth-order valence-electron chi connectivity index (χ4n) is 1.82. The van der Waals surface area contributed by atoms with E-state index in [0.29, 0.717) is 5.82 Å². The summed E-state index contributed by atoms with van der Waals surface area (Å²) in [7, 11) is 0. The molecule has 0 aliphatic carbocycles. The lowest BCUT2D eigenvalue weighted by Gasteiger charge is -2.30. The molecule has 0 aliphatic heterocycles. The van der Waals surface area contributed by atoms with Crippen LogP contribution in [0.3, 0.4) is 0 Å². The van der Waals surface area contributed by atoms with Crippen LogP contribution in [0.25, 0.3) is 5.65 Å². The minimum Gasteiger partial charge on any atom is -0.481 e. The molecule has 1 unspecified atom stereocenters. The Hall–Kier alpha value is -2.11. The van der Waals surface area contributed by atoms with Gasteiger partial charge < -0.3 is 10.4 Å². The minimum atomic E-state index is -0.821. The van der Waals surface area contributed by atoms with Crippen LogP contribution in [0.4, 0.5) is 5.82 Å². The molecule has 0 saturated heterocycles. The molecule has 0 amide bonds. The summed E-state index contributed by atoms with van der Waals surface area (Å²) in [6.07, 6.45) is 3.52. The summed E-state index contributed by atoms with van der Waals surface area (Å²) in [5, 5.41) is 16.3. The van der Waals surface area contributed by atoms with Gasteiger partial charge in [-0.2, -0.15) is 5.10 Å². The van der Waals surface area contributed by atoms with Crippen LogP contribution in [0.2, 0.25) is 0 Å². The molecule has 0 aromatic carbocycles. The smallest absolute Gasteiger partial charge is 0.305 e. The molecule has 0 radical (unpaired) electrons. The quantitative estimate of drug-likeness (QED) is 0.881. The average Bonchev–Trinajstić information content (AvgIpc) is 2.73. The standard InChI is InChI=1S/C13H18N4O2/c1-13(2,3)9(8-12(18)19)15-10-5-7-17-11(16-10)4-6-14-17/h4-7,9H,8H2,1-3H3,(H,15,16)(H,18,19). The van der Waals surface area contributed by atoms with Gasteiger partial charge in [-0.05, 0) is 11.5 Å². The number of nitrogens with one attached hydrogen (secondary N) is 1. The summed E-state index contributed by atoms with van der Waals surface area (Å²) in [4.78, 5) is 15.3. The minimum absolute atomic E-state index is 0.0512. The van der Waals surface area contributed by atoms with Crippen LogP contribution in [0, 0.1) is 5.41 Å². The van der Waals surface area contributed by atoms with E-state index in [1.165, 1.54) is 0 Å². The Bertz CT molecular complexity index is 586. The van der Waals surface area contributed by atoms with Crippen molar-refractivity contribution in [2.75, 3.05) is 5.32 Å². The van der Waals surface area contributed by atoms with Gasteiger partial charge in [-0.15, -0.1) is 0 Å². The van der Waals surface area contributed by atoms with Crippen LogP contribution in [0.15, 0.2) is 24.5 Å². The molecule has 0 spiro atoms. The molecule has 0 fully saturated rings. The summed E-state index contributed by atoms with van der Waals surface area (Å²) in [5.41, 5.74) is 0.555. The number of fused-ring (bicyclic) bond motifs is 1. The highest BCUT2D eigenvalue weighted by Crippen LogP contribution is 2.25. The number of rotatable bonds is 4. The molecule has 2 heterocycles. The zero-order valence-electron chi connectivity index (χ0n) is 11.3. The highest BCUT2D eigenvalue weighted by atomic mass is 16.4. The number of aliphatic carboxylic acids is 1. The molecule has 1 atom stereocenters. The molecule has 2 rings (SSSR count). The van der Waals surface area contributed by atoms with E-state index in [1.807, 2.05) is 20.8 Å². The average molecular weight is 262 g/mol. The SMILES string of the molecule is CC(C)(C)C(CC(=O)O)Nc1ccn2nccc2n1. The van der Waals surface area contributed by atoms with E-state index in [9.17, 15) is 4.79 Å². The zero-order chi connectivity index (χ0) is 14.0. The topological polar surface area (TPSA) is 79.5 Å². The van der Waals surface area contributed by atoms with Gasteiger partial charge >= 0.3 is 5.97 Å². The third-order valence-electron chi connectivity index (χ3n) is 3.00. The fraction of sp³-hybridized carbons (Fsp3) is 0.462. The van der Waals surface area contributed by atoms with Gasteiger partial charge in [0.1, 0.15) is 5.82 Å². The maximum Gasteiger partial charge on any atom is 0.305 e. The highest BCUT2D eigenvalue weighted by molar-refractivity contribution is 5.68. The van der Waals surface area contributed by atoms with Crippen molar-refractivity contribution < 1.29 is 9.90 Å². The van der Waals surface area contributed by atoms with E-state index < -0.39 is 5.97 Å². The first kappa shape index (κ1) is 13.3. The first-order valence-corrected chi connectivity index (χ1v) is 6.15. The number of anilines is 1. The molecule has 0 bridgehead atoms. The Morgan fingerprint density at radius 3 is 2.84 bits per heavy atom. The van der Waals surface area contributed by atoms with E-state index in [-0.39, 0.29) is 17.9 Å². The normalized spacial score (nSPS) is 13.4. The monoisotopic (exact) mass is 262 g/mol. The third kappa shape index (κ3) is 3.21. The van der Waals surface area contributed by atoms with E-state index in [4.69, 9.17) is 5.11 Å². The molecule has 2 N–H and O–H groups in total. The predicted octanol–water partition coefficient (Wildman–Crippen LogP) is 2.03. The van der Waals surface area contributed by atoms with Crippen LogP contribution >= 0.6 is 0 Å². The maximum atomic E-state index is 10.9. The highest BCUT2D eigenvalue weighted by Gasteiger charge is 2.27. The lowest BCUT2D eigenvalue weighted by molar-refractivity contribution is -0.137. The van der Waals surface area contributed by atoms with Gasteiger partial charge in [0, 0.05) is 18.3 Å². The lowest BCUT2D eigenvalue weighted by atomic mass is 9.85. The molecule has 0 aliphatic rings. The number of carboxylic acid groups (broad SMARTS) is 1. The Labute approximate surface area is 111 Å². The van der Waals surface area contributed by atoms with Crippen LogP contribution in [-0.4, -0.2) is 31.7 Å². The molecular formula is C13H18N4O2. The van der Waals surface area contributed by atoms with E-state index in [2.05, 4.69) is 15.4 Å². The molecule has 2 aromatic heterocycles. The summed E-state index contributed by atoms with van der Waals surface area (Å²) in [5.74, 6) is -0.160. The van der Waals surface area contributed by atoms with E-state index >= 15 is 0 Å². The van der Waals surface area contributed by atoms with E-state index in [0.717, 1.165) is 5.65 Å². The number of carboxylic acids is 1. The molecule has 102 valence electrons. The number of aromatic nitrogens is 3. The summed E-state index contributed by atoms with van der Waals surface area (Å²) in [6, 6.07) is 3.40. The molecule has 19 heavy (non-hydrogen) atoms. The van der Waals surface area contributed by atoms with Crippen LogP contribution < -0.4 is 5.32 Å². The predicted molar refractivity (Wildman–Crippen MR) is 72.1 cm³/mol. The first-order chi connectivity index (χ1) is 8.86. The molecule has 0 saturated carbocycles. The van der Waals surface area contributed by atoms with Gasteiger partial charge in [0.25, 0.3) is 0 Å². The lowest BCUT2D eigenvalue weighted by Crippen LogP contribution is -2.36. The van der Waals surface area contributed by atoms with Gasteiger partial charge in [-0.25, -0.2) is 9.50 Å². The second-order valence-corrected chi connectivity index (χ2v) is 5.61. The van der Waals surface area contributed by atoms with Gasteiger partial charge in [0.15, 0.2) is 5.65 Å². The van der Waals surface area contributed by atoms with Crippen molar-refractivity contribution in [3.05, 3.63) is 24.5 Å². The number of hydrogen-bond donors (Lipinski definition) is 2. The van der Waals surface area contributed by atoms with Crippen LogP contribution in [0.1, 0.15) is 27.2 Å². The zero-order valence-corrected chi connectivity index (χ0v) is 11.3. The van der Waals surface area contributed by atoms with Gasteiger partial charge in [0.2, 0.25) is 0 Å². The Balaban J connectivity index is 2.22. The van der Waals surface area contributed by atoms with Crippen LogP contribution in [0.5, 0.6) is 0 Å². The molecule has 2 aromatic rings. The summed E-state index contributed by atoms with van der Waals surface area (Å²) in [6.45, 7) is 6.01. The van der Waals surface area contributed by atoms with Crippen LogP contribution in [-0.2, 0) is 4.79 Å². The maximum absolute atomic E-state index is 10.9. The van der Waals surface area contributed by atoms with Crippen molar-refractivity contribution in [1.29, 1.82) is 0 Å². The van der Waals surface area contributed by atoms with Crippen molar-refractivity contribution >= 4 is 17.4 Å². The van der Waals surface area contributed by atoms with Crippen molar-refractivity contribution in [2.24, 2.45) is 5.41 Å². The van der Waals surface area contributed by atoms with Crippen molar-refractivity contribution in [3.63, 3.8) is 0 Å². The van der Waals surface area contributed by atoms with Gasteiger partial charge in [-0.3, -0.25) is 4.79 Å². The summed E-state index contributed by atoms with van der Waals surface area (Å²) >= 11 is 0. The molecule has 6 heteroatoms. The largest absolute Gasteiger partial charge is 0.481 e. The Morgan fingerprint density at radius 2 is 2.21 bits per heavy atom. The van der Waals surface area contributed by atoms with Crippen molar-refractivity contribution in [2.45, 2.75) is 33.2 Å². The number of nitrogens with zero attached hydrogens (tertiary/aromatic N) is 3. The molecular weight excluding hydrogens is 244 g/mol. The third-order valence-corrected chi connectivity index (χ3v) is 3.00. The summed E-state index contributed by atoms with van der Waals surface area (Å²) < 4.78 is 1.66. The van der Waals surface area contributed by atoms with Gasteiger partial charge in [-0.1, -0.05) is 20.8 Å². The first-order valence-electron chi connectivity index (χ1n) is 6.15. The molecule has 6 nitrogen and oxygen atoms in total. The van der Waals surface area contributed by atoms with Crippen molar-refractivity contribution in [3.8, 4) is 0 Å². The Morgan fingerprint density at radius 1 is 1.47 bits per heavy atom. The van der Waals surface area contributed by atoms with Crippen molar-refractivity contribution in [1.82, 2.24) is 14.6 Å². The number of hydrogen-bond acceptors (Lipinski definition) is 4. The number of carbonyl (C=O) groups is 1. The second-order valence-electron chi connectivity index (χ2n) is 5.61. The van der Waals surface area contributed by atoms with Gasteiger partial charge in [0.05, 0.1) is 12.6 Å². The Kier molecular flexibility index (Phi) is 3.42. The second kappa shape index (κ2) is 4.87. The fourth-order valence-corrected chi connectivity index (χ4v) is 1.82.